The van der Waals surface area contributed by atoms with Crippen LogP contribution in [0, 0.1) is 5.82 Å². The first-order valence-corrected chi connectivity index (χ1v) is 7.42. The first-order valence-electron chi connectivity index (χ1n) is 7.04. The number of aryl methyl sites for hydroxylation is 1. The van der Waals surface area contributed by atoms with Crippen molar-refractivity contribution in [2.24, 2.45) is 7.05 Å². The molecule has 3 nitrogen and oxygen atoms in total. The maximum Gasteiger partial charge on any atom is 0.123 e. The van der Waals surface area contributed by atoms with E-state index < -0.39 is 0 Å². The number of hydrogen-bond acceptors (Lipinski definition) is 2. The van der Waals surface area contributed by atoms with Gasteiger partial charge in [-0.15, -0.1) is 0 Å². The van der Waals surface area contributed by atoms with Crippen molar-refractivity contribution in [2.75, 3.05) is 6.54 Å². The molecule has 0 aliphatic carbocycles. The van der Waals surface area contributed by atoms with E-state index in [-0.39, 0.29) is 17.3 Å². The van der Waals surface area contributed by atoms with Gasteiger partial charge in [0.05, 0.1) is 23.0 Å². The number of rotatable bonds is 5. The lowest BCUT2D eigenvalue weighted by Gasteiger charge is -2.36. The Kier molecular flexibility index (Phi) is 4.69. The van der Waals surface area contributed by atoms with Gasteiger partial charge in [0.1, 0.15) is 5.82 Å². The molecule has 0 radical (unpaired) electrons. The Labute approximate surface area is 130 Å². The van der Waals surface area contributed by atoms with Crippen LogP contribution in [-0.2, 0) is 12.5 Å². The maximum absolute atomic E-state index is 13.2. The van der Waals surface area contributed by atoms with E-state index in [0.29, 0.717) is 5.02 Å². The first kappa shape index (κ1) is 16.0. The van der Waals surface area contributed by atoms with E-state index in [1.807, 2.05) is 19.2 Å². The molecule has 5 heteroatoms. The molecule has 2 rings (SSSR count). The van der Waals surface area contributed by atoms with Crippen molar-refractivity contribution in [3.05, 3.63) is 52.6 Å². The lowest BCUT2D eigenvalue weighted by molar-refractivity contribution is 0.337. The summed E-state index contributed by atoms with van der Waals surface area (Å²) in [5.41, 5.74) is 1.72. The van der Waals surface area contributed by atoms with Crippen molar-refractivity contribution in [3.8, 4) is 0 Å². The maximum atomic E-state index is 13.2. The molecule has 0 aliphatic heterocycles. The molecule has 0 spiro atoms. The van der Waals surface area contributed by atoms with E-state index in [1.54, 1.807) is 10.9 Å². The third kappa shape index (κ3) is 3.11. The number of nitrogens with one attached hydrogen (secondary N) is 1. The van der Waals surface area contributed by atoms with Crippen molar-refractivity contribution < 1.29 is 4.39 Å². The van der Waals surface area contributed by atoms with Crippen molar-refractivity contribution in [2.45, 2.75) is 32.2 Å². The molecule has 0 bridgehead atoms. The summed E-state index contributed by atoms with van der Waals surface area (Å²) in [6.07, 6.45) is 1.65. The van der Waals surface area contributed by atoms with Crippen LogP contribution < -0.4 is 5.32 Å². The number of aromatic nitrogens is 2. The van der Waals surface area contributed by atoms with Gasteiger partial charge in [0.25, 0.3) is 0 Å². The molecule has 2 aromatic rings. The van der Waals surface area contributed by atoms with E-state index in [0.717, 1.165) is 17.8 Å². The minimum Gasteiger partial charge on any atom is -0.308 e. The monoisotopic (exact) mass is 309 g/mol. The van der Waals surface area contributed by atoms with Gasteiger partial charge >= 0.3 is 0 Å². The standard InChI is InChI=1S/C16H21ClFN3/c1-5-19-15(14-13(17)10-20-21(14)4)16(2,3)11-6-8-12(18)9-7-11/h6-10,15,19H,5H2,1-4H3. The molecule has 0 saturated carbocycles. The largest absolute Gasteiger partial charge is 0.308 e. The van der Waals surface area contributed by atoms with Crippen molar-refractivity contribution in [3.63, 3.8) is 0 Å². The summed E-state index contributed by atoms with van der Waals surface area (Å²) >= 11 is 6.31. The second-order valence-corrected chi connectivity index (χ2v) is 6.13. The van der Waals surface area contributed by atoms with E-state index in [2.05, 4.69) is 31.2 Å². The van der Waals surface area contributed by atoms with E-state index in [9.17, 15) is 4.39 Å². The third-order valence-corrected chi connectivity index (χ3v) is 4.22. The topological polar surface area (TPSA) is 29.9 Å². The lowest BCUT2D eigenvalue weighted by Crippen LogP contribution is -2.38. The highest BCUT2D eigenvalue weighted by Crippen LogP contribution is 2.39. The smallest absolute Gasteiger partial charge is 0.123 e. The fraction of sp³-hybridized carbons (Fsp3) is 0.438. The first-order chi connectivity index (χ1) is 9.87. The van der Waals surface area contributed by atoms with Crippen LogP contribution in [0.25, 0.3) is 0 Å². The van der Waals surface area contributed by atoms with E-state index in [1.165, 1.54) is 12.1 Å². The Balaban J connectivity index is 2.48. The van der Waals surface area contributed by atoms with Crippen LogP contribution in [-0.4, -0.2) is 16.3 Å². The van der Waals surface area contributed by atoms with Gasteiger partial charge in [0.15, 0.2) is 0 Å². The molecule has 1 aromatic heterocycles. The predicted octanol–water partition coefficient (Wildman–Crippen LogP) is 3.84. The van der Waals surface area contributed by atoms with Gasteiger partial charge in [-0.2, -0.15) is 5.10 Å². The van der Waals surface area contributed by atoms with Gasteiger partial charge in [-0.1, -0.05) is 44.5 Å². The zero-order chi connectivity index (χ0) is 15.6. The van der Waals surface area contributed by atoms with Gasteiger partial charge in [-0.3, -0.25) is 4.68 Å². The van der Waals surface area contributed by atoms with Gasteiger partial charge in [0.2, 0.25) is 0 Å². The van der Waals surface area contributed by atoms with Crippen LogP contribution in [0.3, 0.4) is 0 Å². The number of likely N-dealkylation sites (N-methyl/N-ethyl adjacent to an activating group) is 1. The Hall–Kier alpha value is -1.39. The van der Waals surface area contributed by atoms with E-state index in [4.69, 9.17) is 11.6 Å². The minimum absolute atomic E-state index is 0.0204. The SMILES string of the molecule is CCNC(c1c(Cl)cnn1C)C(C)(C)c1ccc(F)cc1. The van der Waals surface area contributed by atoms with Crippen molar-refractivity contribution in [1.82, 2.24) is 15.1 Å². The fourth-order valence-electron chi connectivity index (χ4n) is 2.69. The molecule has 1 unspecified atom stereocenters. The molecule has 1 heterocycles. The molecule has 1 atom stereocenters. The summed E-state index contributed by atoms with van der Waals surface area (Å²) in [4.78, 5) is 0. The predicted molar refractivity (Wildman–Crippen MR) is 84.1 cm³/mol. The number of benzene rings is 1. The number of hydrogen-bond donors (Lipinski definition) is 1. The summed E-state index contributed by atoms with van der Waals surface area (Å²) in [6.45, 7) is 7.10. The van der Waals surface area contributed by atoms with Gasteiger partial charge in [0, 0.05) is 12.5 Å². The molecule has 114 valence electrons. The summed E-state index contributed by atoms with van der Waals surface area (Å²) in [7, 11) is 1.88. The quantitative estimate of drug-likeness (QED) is 0.909. The fourth-order valence-corrected chi connectivity index (χ4v) is 2.96. The second kappa shape index (κ2) is 6.16. The van der Waals surface area contributed by atoms with Gasteiger partial charge < -0.3 is 5.32 Å². The zero-order valence-corrected chi connectivity index (χ0v) is 13.6. The molecule has 0 fully saturated rings. The van der Waals surface area contributed by atoms with Crippen molar-refractivity contribution in [1.29, 1.82) is 0 Å². The van der Waals surface area contributed by atoms with Gasteiger partial charge in [-0.05, 0) is 24.2 Å². The summed E-state index contributed by atoms with van der Waals surface area (Å²) in [6, 6.07) is 6.61. The van der Waals surface area contributed by atoms with E-state index >= 15 is 0 Å². The van der Waals surface area contributed by atoms with Crippen LogP contribution in [0.15, 0.2) is 30.5 Å². The van der Waals surface area contributed by atoms with Crippen LogP contribution in [0.4, 0.5) is 4.39 Å². The Morgan fingerprint density at radius 3 is 2.43 bits per heavy atom. The van der Waals surface area contributed by atoms with Crippen LogP contribution in [0.2, 0.25) is 5.02 Å². The zero-order valence-electron chi connectivity index (χ0n) is 12.8. The minimum atomic E-state index is -0.263. The van der Waals surface area contributed by atoms with Crippen molar-refractivity contribution >= 4 is 11.6 Å². The molecule has 1 N–H and O–H groups in total. The molecule has 0 amide bonds. The molecular weight excluding hydrogens is 289 g/mol. The highest BCUT2D eigenvalue weighted by Gasteiger charge is 2.35. The van der Waals surface area contributed by atoms with Crippen LogP contribution >= 0.6 is 11.6 Å². The summed E-state index contributed by atoms with van der Waals surface area (Å²) in [5.74, 6) is -0.229. The normalized spacial score (nSPS) is 13.4. The number of halogens is 2. The molecule has 1 aromatic carbocycles. The third-order valence-electron chi connectivity index (χ3n) is 3.93. The Morgan fingerprint density at radius 1 is 1.33 bits per heavy atom. The molecule has 21 heavy (non-hydrogen) atoms. The highest BCUT2D eigenvalue weighted by molar-refractivity contribution is 6.31. The van der Waals surface area contributed by atoms with Crippen LogP contribution in [0.1, 0.15) is 38.1 Å². The number of nitrogens with zero attached hydrogens (tertiary/aromatic N) is 2. The molecule has 0 aliphatic rings. The second-order valence-electron chi connectivity index (χ2n) is 5.72. The molecular formula is C16H21ClFN3. The molecule has 0 saturated heterocycles. The van der Waals surface area contributed by atoms with Gasteiger partial charge in [-0.25, -0.2) is 4.39 Å². The Bertz CT molecular complexity index is 585. The average Bonchev–Trinajstić information content (AvgIpc) is 2.76. The highest BCUT2D eigenvalue weighted by atomic mass is 35.5. The average molecular weight is 310 g/mol. The Morgan fingerprint density at radius 2 is 1.95 bits per heavy atom. The summed E-state index contributed by atoms with van der Waals surface area (Å²) in [5, 5.41) is 8.34. The lowest BCUT2D eigenvalue weighted by atomic mass is 9.76. The summed E-state index contributed by atoms with van der Waals surface area (Å²) < 4.78 is 15.0. The van der Waals surface area contributed by atoms with Crippen LogP contribution in [0.5, 0.6) is 0 Å².